The van der Waals surface area contributed by atoms with Crippen molar-refractivity contribution in [3.63, 3.8) is 0 Å². The van der Waals surface area contributed by atoms with Crippen molar-refractivity contribution in [1.82, 2.24) is 10.2 Å². The van der Waals surface area contributed by atoms with E-state index in [1.54, 1.807) is 0 Å². The van der Waals surface area contributed by atoms with Gasteiger partial charge in [0, 0.05) is 31.9 Å². The highest BCUT2D eigenvalue weighted by Gasteiger charge is 2.27. The summed E-state index contributed by atoms with van der Waals surface area (Å²) in [7, 11) is 0. The van der Waals surface area contributed by atoms with Gasteiger partial charge >= 0.3 is 0 Å². The minimum Gasteiger partial charge on any atom is -0.371 e. The fraction of sp³-hybridized carbons (Fsp3) is 0.519. The third-order valence-corrected chi connectivity index (χ3v) is 6.97. The van der Waals surface area contributed by atoms with E-state index in [0.717, 1.165) is 62.6 Å². The Morgan fingerprint density at radius 2 is 1.75 bits per heavy atom. The number of amides is 1. The zero-order valence-corrected chi connectivity index (χ0v) is 19.4. The Hall–Kier alpha value is -2.40. The van der Waals surface area contributed by atoms with Gasteiger partial charge < -0.3 is 10.2 Å². The second kappa shape index (κ2) is 10.5. The van der Waals surface area contributed by atoms with Crippen LogP contribution in [0.3, 0.4) is 0 Å². The van der Waals surface area contributed by atoms with Crippen LogP contribution in [-0.2, 0) is 11.3 Å². The molecule has 0 aliphatic carbocycles. The maximum atomic E-state index is 13.2. The fourth-order valence-electron chi connectivity index (χ4n) is 5.07. The minimum atomic E-state index is -0.211. The number of anilines is 1. The quantitative estimate of drug-likeness (QED) is 0.679. The summed E-state index contributed by atoms with van der Waals surface area (Å²) in [5.41, 5.74) is 3.51. The Morgan fingerprint density at radius 3 is 2.47 bits per heavy atom. The van der Waals surface area contributed by atoms with Gasteiger partial charge in [-0.15, -0.1) is 0 Å². The second-order valence-electron chi connectivity index (χ2n) is 9.72. The number of halogens is 1. The normalized spacial score (nSPS) is 23.0. The number of hydrogen-bond donors (Lipinski definition) is 1. The number of hydrogen-bond acceptors (Lipinski definition) is 3. The molecule has 0 spiro atoms. The van der Waals surface area contributed by atoms with Crippen LogP contribution in [0.1, 0.15) is 56.7 Å². The van der Waals surface area contributed by atoms with Crippen LogP contribution in [0, 0.1) is 17.7 Å². The average molecular weight is 438 g/mol. The van der Waals surface area contributed by atoms with Crippen LogP contribution in [0.15, 0.2) is 48.5 Å². The minimum absolute atomic E-state index is 0.000703. The van der Waals surface area contributed by atoms with E-state index in [2.05, 4.69) is 53.2 Å². The molecular weight excluding hydrogens is 401 g/mol. The average Bonchev–Trinajstić information content (AvgIpc) is 2.81. The van der Waals surface area contributed by atoms with Crippen molar-refractivity contribution in [3.05, 3.63) is 65.5 Å². The van der Waals surface area contributed by atoms with E-state index in [0.29, 0.717) is 0 Å². The molecule has 2 aliphatic rings. The standard InChI is InChI=1S/C27H36FN3O/c1-20-5-3-16-31(17-20)26-13-9-23(10-14-26)21(2)29-27(32)24-6-4-15-30(19-24)18-22-7-11-25(28)12-8-22/h7-14,20-21,24H,3-6,15-19H2,1-2H3,(H,29,32)/t20-,21+,24-/m1/s1. The molecule has 172 valence electrons. The third-order valence-electron chi connectivity index (χ3n) is 6.97. The molecule has 4 nitrogen and oxygen atoms in total. The van der Waals surface area contributed by atoms with Gasteiger partial charge in [-0.2, -0.15) is 0 Å². The molecule has 1 amide bonds. The topological polar surface area (TPSA) is 35.6 Å². The third kappa shape index (κ3) is 5.89. The number of nitrogens with zero attached hydrogens (tertiary/aromatic N) is 2. The first kappa shape index (κ1) is 22.8. The molecule has 2 fully saturated rings. The lowest BCUT2D eigenvalue weighted by Crippen LogP contribution is -2.43. The molecule has 0 aromatic heterocycles. The van der Waals surface area contributed by atoms with Gasteiger partial charge in [-0.3, -0.25) is 9.69 Å². The predicted molar refractivity (Wildman–Crippen MR) is 128 cm³/mol. The van der Waals surface area contributed by atoms with Gasteiger partial charge in [0.05, 0.1) is 12.0 Å². The van der Waals surface area contributed by atoms with E-state index in [-0.39, 0.29) is 23.7 Å². The lowest BCUT2D eigenvalue weighted by Gasteiger charge is -2.33. The van der Waals surface area contributed by atoms with Gasteiger partial charge in [0.15, 0.2) is 0 Å². The predicted octanol–water partition coefficient (Wildman–Crippen LogP) is 5.15. The van der Waals surface area contributed by atoms with Crippen molar-refractivity contribution in [2.75, 3.05) is 31.1 Å². The van der Waals surface area contributed by atoms with Crippen molar-refractivity contribution in [3.8, 4) is 0 Å². The first-order valence-electron chi connectivity index (χ1n) is 12.1. The van der Waals surface area contributed by atoms with E-state index >= 15 is 0 Å². The number of nitrogens with one attached hydrogen (secondary N) is 1. The van der Waals surface area contributed by atoms with Crippen molar-refractivity contribution in [2.24, 2.45) is 11.8 Å². The lowest BCUT2D eigenvalue weighted by atomic mass is 9.95. The first-order chi connectivity index (χ1) is 15.5. The Morgan fingerprint density at radius 1 is 1.03 bits per heavy atom. The van der Waals surface area contributed by atoms with Crippen LogP contribution in [0.4, 0.5) is 10.1 Å². The SMILES string of the molecule is C[C@@H]1CCCN(c2ccc([C@H](C)NC(=O)[C@@H]3CCCN(Cc4ccc(F)cc4)C3)cc2)C1. The molecule has 2 aromatic carbocycles. The molecule has 4 rings (SSSR count). The second-order valence-corrected chi connectivity index (χ2v) is 9.72. The summed E-state index contributed by atoms with van der Waals surface area (Å²) < 4.78 is 13.2. The van der Waals surface area contributed by atoms with Crippen molar-refractivity contribution < 1.29 is 9.18 Å². The lowest BCUT2D eigenvalue weighted by molar-refractivity contribution is -0.127. The molecule has 0 bridgehead atoms. The summed E-state index contributed by atoms with van der Waals surface area (Å²) >= 11 is 0. The van der Waals surface area contributed by atoms with Crippen LogP contribution in [0.2, 0.25) is 0 Å². The largest absolute Gasteiger partial charge is 0.371 e. The Labute approximate surface area is 191 Å². The van der Waals surface area contributed by atoms with E-state index in [9.17, 15) is 9.18 Å². The van der Waals surface area contributed by atoms with E-state index in [1.165, 1.54) is 30.7 Å². The summed E-state index contributed by atoms with van der Waals surface area (Å²) in [6.07, 6.45) is 4.51. The van der Waals surface area contributed by atoms with Gasteiger partial charge in [0.25, 0.3) is 0 Å². The molecule has 2 saturated heterocycles. The maximum Gasteiger partial charge on any atom is 0.224 e. The monoisotopic (exact) mass is 437 g/mol. The molecule has 5 heteroatoms. The van der Waals surface area contributed by atoms with Gasteiger partial charge in [-0.1, -0.05) is 31.2 Å². The van der Waals surface area contributed by atoms with Gasteiger partial charge in [0.1, 0.15) is 5.82 Å². The summed E-state index contributed by atoms with van der Waals surface area (Å²) in [5.74, 6) is 0.674. The number of likely N-dealkylation sites (tertiary alicyclic amines) is 1. The number of carbonyl (C=O) groups excluding carboxylic acids is 1. The van der Waals surface area contributed by atoms with E-state index in [1.807, 2.05) is 12.1 Å². The van der Waals surface area contributed by atoms with Crippen LogP contribution in [0.25, 0.3) is 0 Å². The molecule has 0 radical (unpaired) electrons. The van der Waals surface area contributed by atoms with Crippen LogP contribution >= 0.6 is 0 Å². The fourth-order valence-corrected chi connectivity index (χ4v) is 5.07. The molecule has 3 atom stereocenters. The van der Waals surface area contributed by atoms with E-state index in [4.69, 9.17) is 0 Å². The van der Waals surface area contributed by atoms with Crippen LogP contribution in [-0.4, -0.2) is 37.0 Å². The zero-order valence-electron chi connectivity index (χ0n) is 19.4. The molecule has 32 heavy (non-hydrogen) atoms. The van der Waals surface area contributed by atoms with Crippen LogP contribution in [0.5, 0.6) is 0 Å². The summed E-state index contributed by atoms with van der Waals surface area (Å²) in [5, 5.41) is 3.24. The van der Waals surface area contributed by atoms with Gasteiger partial charge in [0.2, 0.25) is 5.91 Å². The number of rotatable bonds is 6. The molecule has 0 saturated carbocycles. The summed E-state index contributed by atoms with van der Waals surface area (Å²) in [4.78, 5) is 17.8. The Balaban J connectivity index is 1.30. The summed E-state index contributed by atoms with van der Waals surface area (Å²) in [6, 6.07) is 15.4. The highest BCUT2D eigenvalue weighted by Crippen LogP contribution is 2.25. The number of benzene rings is 2. The van der Waals surface area contributed by atoms with Crippen LogP contribution < -0.4 is 10.2 Å². The van der Waals surface area contributed by atoms with Gasteiger partial charge in [-0.05, 0) is 80.5 Å². The first-order valence-corrected chi connectivity index (χ1v) is 12.1. The molecule has 1 N–H and O–H groups in total. The van der Waals surface area contributed by atoms with Crippen molar-refractivity contribution in [1.29, 1.82) is 0 Å². The highest BCUT2D eigenvalue weighted by atomic mass is 19.1. The molecule has 2 aliphatic heterocycles. The van der Waals surface area contributed by atoms with Crippen molar-refractivity contribution >= 4 is 11.6 Å². The molecular formula is C27H36FN3O. The summed E-state index contributed by atoms with van der Waals surface area (Å²) in [6.45, 7) is 9.14. The van der Waals surface area contributed by atoms with Crippen molar-refractivity contribution in [2.45, 2.75) is 52.1 Å². The number of piperidine rings is 2. The zero-order chi connectivity index (χ0) is 22.5. The highest BCUT2D eigenvalue weighted by molar-refractivity contribution is 5.79. The maximum absolute atomic E-state index is 13.2. The Kier molecular flexibility index (Phi) is 7.46. The molecule has 0 unspecified atom stereocenters. The number of carbonyl (C=O) groups is 1. The Bertz CT molecular complexity index is 883. The molecule has 2 heterocycles. The van der Waals surface area contributed by atoms with E-state index < -0.39 is 0 Å². The van der Waals surface area contributed by atoms with Gasteiger partial charge in [-0.25, -0.2) is 4.39 Å². The smallest absolute Gasteiger partial charge is 0.224 e. The molecule has 2 aromatic rings.